The Morgan fingerprint density at radius 2 is 0.373 bits per heavy atom. The van der Waals surface area contributed by atoms with E-state index in [1.807, 2.05) is 0 Å². The van der Waals surface area contributed by atoms with Gasteiger partial charge in [-0.05, 0) is 12.8 Å². The summed E-state index contributed by atoms with van der Waals surface area (Å²) < 4.78 is 0. The van der Waals surface area contributed by atoms with Crippen molar-refractivity contribution >= 4 is 5.97 Å². The first-order chi connectivity index (χ1) is 24.8. The molecule has 3 heteroatoms. The molecule has 0 aromatic rings. The van der Waals surface area contributed by atoms with Crippen LogP contribution >= 0.6 is 0 Å². The second kappa shape index (κ2) is 51.1. The van der Waals surface area contributed by atoms with Crippen LogP contribution in [0.3, 0.4) is 0 Å². The molecular weight excluding hydrogens is 648 g/mol. The minimum Gasteiger partial charge on any atom is -0.550 e. The number of rotatable bonds is 46. The van der Waals surface area contributed by atoms with Gasteiger partial charge in [-0.25, -0.2) is 0 Å². The topological polar surface area (TPSA) is 40.1 Å². The monoisotopic (exact) mass is 743 g/mol. The Kier molecular flexibility index (Phi) is 54.3. The van der Waals surface area contributed by atoms with E-state index in [0.717, 1.165) is 12.8 Å². The van der Waals surface area contributed by atoms with Crippen LogP contribution in [-0.2, 0) is 4.79 Å². The van der Waals surface area contributed by atoms with Gasteiger partial charge in [-0.2, -0.15) is 0 Å². The molecule has 0 aromatic carbocycles. The number of carboxylic acid groups (broad SMARTS) is 1. The summed E-state index contributed by atoms with van der Waals surface area (Å²) in [6, 6.07) is 0. The van der Waals surface area contributed by atoms with Crippen molar-refractivity contribution < 1.29 is 61.3 Å². The van der Waals surface area contributed by atoms with E-state index in [2.05, 4.69) is 6.92 Å². The Bertz CT molecular complexity index is 608. The largest absolute Gasteiger partial charge is 1.00 e. The van der Waals surface area contributed by atoms with Crippen LogP contribution in [0.2, 0.25) is 0 Å². The molecule has 0 amide bonds. The molecule has 0 aliphatic carbocycles. The first-order valence-corrected chi connectivity index (χ1v) is 24.0. The van der Waals surface area contributed by atoms with Gasteiger partial charge in [-0.15, -0.1) is 0 Å². The van der Waals surface area contributed by atoms with Gasteiger partial charge in [0.1, 0.15) is 0 Å². The Morgan fingerprint density at radius 1 is 0.255 bits per heavy atom. The quantitative estimate of drug-likeness (QED) is 0.0460. The fraction of sp³-hybridized carbons (Fsp3) is 0.979. The molecule has 0 atom stereocenters. The molecule has 0 heterocycles. The maximum atomic E-state index is 10.4. The smallest absolute Gasteiger partial charge is 0.550 e. The van der Waals surface area contributed by atoms with Crippen LogP contribution in [0.15, 0.2) is 0 Å². The fourth-order valence-electron chi connectivity index (χ4n) is 7.94. The summed E-state index contributed by atoms with van der Waals surface area (Å²) in [6.07, 6.45) is 64.5. The van der Waals surface area contributed by atoms with Gasteiger partial charge in [0.05, 0.1) is 0 Å². The molecular formula is C48H95KO2. The van der Waals surface area contributed by atoms with Crippen molar-refractivity contribution in [3.05, 3.63) is 0 Å². The predicted octanol–water partition coefficient (Wildman–Crippen LogP) is 13.7. The third-order valence-electron chi connectivity index (χ3n) is 11.5. The summed E-state index contributed by atoms with van der Waals surface area (Å²) in [4.78, 5) is 10.4. The van der Waals surface area contributed by atoms with E-state index in [1.54, 1.807) is 0 Å². The maximum Gasteiger partial charge on any atom is 1.00 e. The maximum absolute atomic E-state index is 10.4. The molecule has 0 N–H and O–H groups in total. The van der Waals surface area contributed by atoms with Gasteiger partial charge >= 0.3 is 51.4 Å². The fourth-order valence-corrected chi connectivity index (χ4v) is 7.94. The van der Waals surface area contributed by atoms with Crippen LogP contribution in [0.25, 0.3) is 0 Å². The van der Waals surface area contributed by atoms with E-state index in [9.17, 15) is 9.90 Å². The third kappa shape index (κ3) is 53.3. The van der Waals surface area contributed by atoms with Crippen molar-refractivity contribution in [2.75, 3.05) is 0 Å². The van der Waals surface area contributed by atoms with Gasteiger partial charge in [0.15, 0.2) is 0 Å². The number of unbranched alkanes of at least 4 members (excludes halogenated alkanes) is 44. The molecule has 0 radical (unpaired) electrons. The van der Waals surface area contributed by atoms with Crippen LogP contribution in [-0.4, -0.2) is 5.97 Å². The summed E-state index contributed by atoms with van der Waals surface area (Å²) in [5.74, 6) is -0.896. The number of carbonyl (C=O) groups excluding carboxylic acids is 1. The molecule has 0 spiro atoms. The molecule has 2 nitrogen and oxygen atoms in total. The average molecular weight is 743 g/mol. The average Bonchev–Trinajstić information content (AvgIpc) is 3.11. The normalized spacial score (nSPS) is 11.3. The first-order valence-electron chi connectivity index (χ1n) is 24.0. The number of carbonyl (C=O) groups is 1. The summed E-state index contributed by atoms with van der Waals surface area (Å²) in [5.41, 5.74) is 0. The van der Waals surface area contributed by atoms with E-state index in [1.165, 1.54) is 276 Å². The zero-order chi connectivity index (χ0) is 36.1. The zero-order valence-corrected chi connectivity index (χ0v) is 39.0. The second-order valence-corrected chi connectivity index (χ2v) is 16.7. The number of hydrogen-bond donors (Lipinski definition) is 0. The van der Waals surface area contributed by atoms with Crippen LogP contribution < -0.4 is 56.5 Å². The van der Waals surface area contributed by atoms with Gasteiger partial charge in [-0.1, -0.05) is 289 Å². The number of hydrogen-bond acceptors (Lipinski definition) is 2. The molecule has 0 unspecified atom stereocenters. The summed E-state index contributed by atoms with van der Waals surface area (Å²) in [7, 11) is 0. The Labute approximate surface area is 366 Å². The van der Waals surface area contributed by atoms with Crippen molar-refractivity contribution in [3.8, 4) is 0 Å². The zero-order valence-electron chi connectivity index (χ0n) is 35.8. The standard InChI is InChI=1S/C48H96O2.K/c1-2-3-4-5-6-7-8-9-10-11-12-13-14-15-16-17-18-19-20-21-22-23-24-25-26-27-28-29-30-31-32-33-34-35-36-37-38-39-40-41-42-43-44-45-46-47-48(49)50;/h2-47H2,1H3,(H,49,50);/q;+1/p-1. The van der Waals surface area contributed by atoms with Crippen LogP contribution in [0.5, 0.6) is 0 Å². The predicted molar refractivity (Wildman–Crippen MR) is 223 cm³/mol. The second-order valence-electron chi connectivity index (χ2n) is 16.7. The minimum absolute atomic E-state index is 0. The summed E-state index contributed by atoms with van der Waals surface area (Å²) in [6.45, 7) is 2.31. The molecule has 51 heavy (non-hydrogen) atoms. The van der Waals surface area contributed by atoms with E-state index in [-0.39, 0.29) is 57.8 Å². The number of aliphatic carboxylic acids is 1. The van der Waals surface area contributed by atoms with Gasteiger partial charge in [0, 0.05) is 5.97 Å². The summed E-state index contributed by atoms with van der Waals surface area (Å²) >= 11 is 0. The molecule has 0 rings (SSSR count). The Morgan fingerprint density at radius 3 is 0.490 bits per heavy atom. The van der Waals surface area contributed by atoms with E-state index >= 15 is 0 Å². The van der Waals surface area contributed by atoms with E-state index in [4.69, 9.17) is 0 Å². The molecule has 0 bridgehead atoms. The number of carboxylic acids is 1. The van der Waals surface area contributed by atoms with Crippen molar-refractivity contribution in [2.24, 2.45) is 0 Å². The molecule has 0 aliphatic heterocycles. The van der Waals surface area contributed by atoms with Crippen molar-refractivity contribution in [2.45, 2.75) is 302 Å². The molecule has 300 valence electrons. The molecule has 0 fully saturated rings. The summed E-state index contributed by atoms with van der Waals surface area (Å²) in [5, 5.41) is 10.4. The molecule has 0 aliphatic rings. The SMILES string of the molecule is CCCCCCCCCCCCCCCCCCCCCCCCCCCCCCCCCCCCCCCCCCCCCCCC(=O)[O-].[K+]. The van der Waals surface area contributed by atoms with Crippen molar-refractivity contribution in [1.29, 1.82) is 0 Å². The van der Waals surface area contributed by atoms with Crippen LogP contribution in [0, 0.1) is 0 Å². The van der Waals surface area contributed by atoms with Gasteiger partial charge in [0.2, 0.25) is 0 Å². The Hall–Kier alpha value is 1.11. The van der Waals surface area contributed by atoms with Crippen LogP contribution in [0.1, 0.15) is 302 Å². The molecule has 0 saturated carbocycles. The molecule has 0 saturated heterocycles. The van der Waals surface area contributed by atoms with Crippen molar-refractivity contribution in [3.63, 3.8) is 0 Å². The first kappa shape index (κ1) is 54.2. The van der Waals surface area contributed by atoms with Gasteiger partial charge in [0.25, 0.3) is 0 Å². The van der Waals surface area contributed by atoms with E-state index < -0.39 is 5.97 Å². The minimum atomic E-state index is -0.896. The van der Waals surface area contributed by atoms with Crippen LogP contribution in [0.4, 0.5) is 0 Å². The van der Waals surface area contributed by atoms with Crippen molar-refractivity contribution in [1.82, 2.24) is 0 Å². The van der Waals surface area contributed by atoms with Gasteiger partial charge < -0.3 is 9.90 Å². The van der Waals surface area contributed by atoms with Gasteiger partial charge in [-0.3, -0.25) is 0 Å². The van der Waals surface area contributed by atoms with E-state index in [0.29, 0.717) is 0 Å². The molecule has 0 aromatic heterocycles. The third-order valence-corrected chi connectivity index (χ3v) is 11.5. The Balaban J connectivity index is 0.